The standard InChI is InChI=1S/C20H30N2O5/c1-5-6-14-12-27-13-15-11-21(7-8-22(14)15)20(23)16-9-18(25-3)19(26-4)10-17(16)24-2/h9-10,14-15H,5-8,11-13H2,1-4H3/t14-,15+/m0/s1. The van der Waals surface area contributed by atoms with Gasteiger partial charge in [0.2, 0.25) is 0 Å². The number of nitrogens with zero attached hydrogens (tertiary/aromatic N) is 2. The van der Waals surface area contributed by atoms with E-state index in [0.29, 0.717) is 48.6 Å². The first-order valence-electron chi connectivity index (χ1n) is 9.55. The Bertz CT molecular complexity index is 664. The third kappa shape index (κ3) is 3.99. The van der Waals surface area contributed by atoms with Gasteiger partial charge in [-0.1, -0.05) is 13.3 Å². The molecule has 7 heteroatoms. The van der Waals surface area contributed by atoms with Crippen molar-refractivity contribution in [1.82, 2.24) is 9.80 Å². The van der Waals surface area contributed by atoms with Crippen molar-refractivity contribution in [2.24, 2.45) is 0 Å². The SMILES string of the molecule is CCC[C@H]1COC[C@H]2CN(C(=O)c3cc(OC)c(OC)cc3OC)CCN12. The summed E-state index contributed by atoms with van der Waals surface area (Å²) < 4.78 is 21.9. The van der Waals surface area contributed by atoms with Gasteiger partial charge < -0.3 is 23.8 Å². The quantitative estimate of drug-likeness (QED) is 0.755. The largest absolute Gasteiger partial charge is 0.496 e. The Morgan fingerprint density at radius 1 is 1.07 bits per heavy atom. The van der Waals surface area contributed by atoms with Crippen LogP contribution in [-0.4, -0.2) is 82.0 Å². The lowest BCUT2D eigenvalue weighted by atomic mass is 10.0. The van der Waals surface area contributed by atoms with Crippen LogP contribution >= 0.6 is 0 Å². The summed E-state index contributed by atoms with van der Waals surface area (Å²) in [6.07, 6.45) is 2.27. The molecule has 0 saturated carbocycles. The lowest BCUT2D eigenvalue weighted by Gasteiger charge is -2.48. The Hall–Kier alpha value is -1.99. The molecule has 7 nitrogen and oxygen atoms in total. The van der Waals surface area contributed by atoms with E-state index in [4.69, 9.17) is 18.9 Å². The zero-order valence-electron chi connectivity index (χ0n) is 16.7. The van der Waals surface area contributed by atoms with Crippen molar-refractivity contribution in [2.45, 2.75) is 31.8 Å². The van der Waals surface area contributed by atoms with E-state index in [1.807, 2.05) is 4.90 Å². The smallest absolute Gasteiger partial charge is 0.257 e. The molecule has 1 aromatic carbocycles. The predicted octanol–water partition coefficient (Wildman–Crippen LogP) is 2.04. The zero-order valence-corrected chi connectivity index (χ0v) is 16.7. The highest BCUT2D eigenvalue weighted by atomic mass is 16.5. The number of piperazine rings is 1. The van der Waals surface area contributed by atoms with Gasteiger partial charge in [0, 0.05) is 37.8 Å². The molecule has 0 bridgehead atoms. The molecule has 150 valence electrons. The second kappa shape index (κ2) is 8.80. The fraction of sp³-hybridized carbons (Fsp3) is 0.650. The third-order valence-corrected chi connectivity index (χ3v) is 5.46. The van der Waals surface area contributed by atoms with Crippen molar-refractivity contribution in [3.63, 3.8) is 0 Å². The number of methoxy groups -OCH3 is 3. The van der Waals surface area contributed by atoms with Gasteiger partial charge in [-0.15, -0.1) is 0 Å². The molecule has 0 N–H and O–H groups in total. The fourth-order valence-corrected chi connectivity index (χ4v) is 4.07. The number of rotatable bonds is 6. The summed E-state index contributed by atoms with van der Waals surface area (Å²) in [4.78, 5) is 17.6. The van der Waals surface area contributed by atoms with Gasteiger partial charge in [0.1, 0.15) is 5.75 Å². The van der Waals surface area contributed by atoms with Gasteiger partial charge >= 0.3 is 0 Å². The minimum Gasteiger partial charge on any atom is -0.496 e. The maximum atomic E-state index is 13.2. The molecule has 1 aromatic rings. The minimum atomic E-state index is -0.0509. The van der Waals surface area contributed by atoms with Crippen molar-refractivity contribution in [1.29, 1.82) is 0 Å². The van der Waals surface area contributed by atoms with Crippen LogP contribution in [0.25, 0.3) is 0 Å². The lowest BCUT2D eigenvalue weighted by Crippen LogP contribution is -2.62. The molecule has 2 aliphatic rings. The Labute approximate surface area is 161 Å². The maximum absolute atomic E-state index is 13.2. The van der Waals surface area contributed by atoms with Crippen molar-refractivity contribution in [2.75, 3.05) is 54.2 Å². The van der Waals surface area contributed by atoms with Crippen LogP contribution in [0, 0.1) is 0 Å². The molecule has 1 amide bonds. The zero-order chi connectivity index (χ0) is 19.4. The average molecular weight is 378 g/mol. The van der Waals surface area contributed by atoms with Crippen molar-refractivity contribution in [3.8, 4) is 17.2 Å². The molecule has 0 aromatic heterocycles. The summed E-state index contributed by atoms with van der Waals surface area (Å²) in [6.45, 7) is 5.91. The molecule has 2 aliphatic heterocycles. The number of amides is 1. The summed E-state index contributed by atoms with van der Waals surface area (Å²) in [7, 11) is 4.68. The Morgan fingerprint density at radius 2 is 1.78 bits per heavy atom. The molecule has 0 aliphatic carbocycles. The predicted molar refractivity (Wildman–Crippen MR) is 102 cm³/mol. The molecule has 2 heterocycles. The molecule has 2 atom stereocenters. The van der Waals surface area contributed by atoms with Crippen LogP contribution in [0.2, 0.25) is 0 Å². The minimum absolute atomic E-state index is 0.0509. The van der Waals surface area contributed by atoms with Gasteiger partial charge in [-0.3, -0.25) is 9.69 Å². The normalized spacial score (nSPS) is 22.9. The fourth-order valence-electron chi connectivity index (χ4n) is 4.07. The Kier molecular flexibility index (Phi) is 6.44. The van der Waals surface area contributed by atoms with Gasteiger partial charge in [-0.25, -0.2) is 0 Å². The number of morpholine rings is 1. The van der Waals surface area contributed by atoms with Crippen molar-refractivity contribution >= 4 is 5.91 Å². The first kappa shape index (κ1) is 19.8. The van der Waals surface area contributed by atoms with Crippen molar-refractivity contribution in [3.05, 3.63) is 17.7 Å². The number of ether oxygens (including phenoxy) is 4. The van der Waals surface area contributed by atoms with Gasteiger partial charge in [-0.05, 0) is 6.42 Å². The third-order valence-electron chi connectivity index (χ3n) is 5.46. The van der Waals surface area contributed by atoms with Crippen LogP contribution in [0.3, 0.4) is 0 Å². The van der Waals surface area contributed by atoms with E-state index in [1.54, 1.807) is 33.5 Å². The van der Waals surface area contributed by atoms with Crippen molar-refractivity contribution < 1.29 is 23.7 Å². The summed E-state index contributed by atoms with van der Waals surface area (Å²) in [5.41, 5.74) is 0.491. The van der Waals surface area contributed by atoms with Crippen LogP contribution in [0.15, 0.2) is 12.1 Å². The molecule has 0 unspecified atom stereocenters. The Balaban J connectivity index is 1.79. The molecule has 27 heavy (non-hydrogen) atoms. The molecular weight excluding hydrogens is 348 g/mol. The highest BCUT2D eigenvalue weighted by Crippen LogP contribution is 2.35. The van der Waals surface area contributed by atoms with E-state index in [-0.39, 0.29) is 11.9 Å². The van der Waals surface area contributed by atoms with Gasteiger partial charge in [-0.2, -0.15) is 0 Å². The first-order valence-corrected chi connectivity index (χ1v) is 9.55. The molecule has 0 radical (unpaired) electrons. The molecule has 0 spiro atoms. The second-order valence-electron chi connectivity index (χ2n) is 7.03. The summed E-state index contributed by atoms with van der Waals surface area (Å²) in [6, 6.07) is 4.10. The highest BCUT2D eigenvalue weighted by Gasteiger charge is 2.37. The molecular formula is C20H30N2O5. The van der Waals surface area contributed by atoms with E-state index >= 15 is 0 Å². The maximum Gasteiger partial charge on any atom is 0.257 e. The monoisotopic (exact) mass is 378 g/mol. The highest BCUT2D eigenvalue weighted by molar-refractivity contribution is 5.98. The molecule has 2 fully saturated rings. The van der Waals surface area contributed by atoms with E-state index in [2.05, 4.69) is 11.8 Å². The average Bonchev–Trinajstić information content (AvgIpc) is 2.72. The number of benzene rings is 1. The van der Waals surface area contributed by atoms with E-state index in [9.17, 15) is 4.79 Å². The second-order valence-corrected chi connectivity index (χ2v) is 7.03. The van der Waals surface area contributed by atoms with Crippen LogP contribution in [0.4, 0.5) is 0 Å². The Morgan fingerprint density at radius 3 is 2.44 bits per heavy atom. The van der Waals surface area contributed by atoms with E-state index in [1.165, 1.54) is 0 Å². The number of hydrogen-bond acceptors (Lipinski definition) is 6. The molecule has 3 rings (SSSR count). The van der Waals surface area contributed by atoms with Gasteiger partial charge in [0.15, 0.2) is 11.5 Å². The van der Waals surface area contributed by atoms with Crippen LogP contribution in [0.5, 0.6) is 17.2 Å². The summed E-state index contributed by atoms with van der Waals surface area (Å²) in [5, 5.41) is 0. The van der Waals surface area contributed by atoms with Gasteiger partial charge in [0.25, 0.3) is 5.91 Å². The lowest BCUT2D eigenvalue weighted by molar-refractivity contribution is -0.0776. The topological polar surface area (TPSA) is 60.5 Å². The number of carbonyl (C=O) groups is 1. The van der Waals surface area contributed by atoms with Gasteiger partial charge in [0.05, 0.1) is 46.1 Å². The number of carbonyl (C=O) groups excluding carboxylic acids is 1. The first-order chi connectivity index (χ1) is 13.1. The summed E-state index contributed by atoms with van der Waals surface area (Å²) in [5.74, 6) is 1.50. The number of hydrogen-bond donors (Lipinski definition) is 0. The summed E-state index contributed by atoms with van der Waals surface area (Å²) >= 11 is 0. The van der Waals surface area contributed by atoms with E-state index in [0.717, 1.165) is 26.0 Å². The van der Waals surface area contributed by atoms with Crippen LogP contribution < -0.4 is 14.2 Å². The van der Waals surface area contributed by atoms with E-state index < -0.39 is 0 Å². The van der Waals surface area contributed by atoms with Crippen LogP contribution in [0.1, 0.15) is 30.1 Å². The number of fused-ring (bicyclic) bond motifs is 1. The van der Waals surface area contributed by atoms with Crippen LogP contribution in [-0.2, 0) is 4.74 Å². The molecule has 2 saturated heterocycles.